The van der Waals surface area contributed by atoms with Gasteiger partial charge in [0, 0.05) is 39.9 Å². The molecule has 0 bridgehead atoms. The van der Waals surface area contributed by atoms with E-state index in [1.54, 1.807) is 32.0 Å². The average molecular weight is 539 g/mol. The van der Waals surface area contributed by atoms with Gasteiger partial charge in [0.1, 0.15) is 17.1 Å². The Bertz CT molecular complexity index is 1410. The van der Waals surface area contributed by atoms with Crippen molar-refractivity contribution in [2.75, 3.05) is 12.4 Å². The van der Waals surface area contributed by atoms with Gasteiger partial charge in [0.05, 0.1) is 18.2 Å². The fraction of sp³-hybridized carbons (Fsp3) is 0.154. The van der Waals surface area contributed by atoms with Crippen molar-refractivity contribution < 1.29 is 28.8 Å². The molecule has 196 valence electrons. The number of anilines is 1. The summed E-state index contributed by atoms with van der Waals surface area (Å²) in [5.74, 6) is -1.58. The minimum absolute atomic E-state index is 0.0441. The molecular formula is C26H23ClN4O7. The van der Waals surface area contributed by atoms with E-state index in [1.165, 1.54) is 37.4 Å². The van der Waals surface area contributed by atoms with E-state index in [0.29, 0.717) is 5.69 Å². The first-order valence-corrected chi connectivity index (χ1v) is 11.5. The number of ether oxygens (including phenoxy) is 2. The van der Waals surface area contributed by atoms with Crippen molar-refractivity contribution >= 4 is 47.0 Å². The highest BCUT2D eigenvalue weighted by Gasteiger charge is 2.19. The molecule has 0 fully saturated rings. The third-order valence-electron chi connectivity index (χ3n) is 5.10. The Morgan fingerprint density at radius 2 is 1.71 bits per heavy atom. The van der Waals surface area contributed by atoms with Gasteiger partial charge in [-0.2, -0.15) is 5.10 Å². The van der Waals surface area contributed by atoms with E-state index in [1.807, 2.05) is 0 Å². The number of halogens is 1. The zero-order chi connectivity index (χ0) is 27.8. The molecule has 0 spiro atoms. The van der Waals surface area contributed by atoms with Gasteiger partial charge in [-0.05, 0) is 48.5 Å². The molecule has 38 heavy (non-hydrogen) atoms. The molecule has 0 heterocycles. The first-order chi connectivity index (χ1) is 18.1. The number of amides is 2. The van der Waals surface area contributed by atoms with Gasteiger partial charge in [0.2, 0.25) is 5.91 Å². The molecule has 12 heteroatoms. The lowest BCUT2D eigenvalue weighted by molar-refractivity contribution is -0.384. The third-order valence-corrected chi connectivity index (χ3v) is 5.33. The molecule has 3 aromatic carbocycles. The number of hydrogen-bond donors (Lipinski definition) is 2. The highest BCUT2D eigenvalue weighted by Crippen LogP contribution is 2.27. The van der Waals surface area contributed by atoms with Crippen LogP contribution in [-0.2, 0) is 4.79 Å². The lowest BCUT2D eigenvalue weighted by atomic mass is 10.1. The van der Waals surface area contributed by atoms with Crippen molar-refractivity contribution in [2.45, 2.75) is 13.8 Å². The van der Waals surface area contributed by atoms with Gasteiger partial charge in [-0.1, -0.05) is 25.4 Å². The van der Waals surface area contributed by atoms with Crippen LogP contribution in [0.2, 0.25) is 5.02 Å². The molecule has 0 saturated heterocycles. The number of hydrogen-bond acceptors (Lipinski definition) is 8. The second kappa shape index (κ2) is 12.5. The number of methoxy groups -OCH3 is 1. The number of nitro benzene ring substituents is 1. The second-order valence-electron chi connectivity index (χ2n) is 8.13. The summed E-state index contributed by atoms with van der Waals surface area (Å²) in [6.07, 6.45) is 1.11. The predicted octanol–water partition coefficient (Wildman–Crippen LogP) is 4.83. The first-order valence-electron chi connectivity index (χ1n) is 11.2. The smallest absolute Gasteiger partial charge is 0.347 e. The van der Waals surface area contributed by atoms with Crippen molar-refractivity contribution in [1.29, 1.82) is 0 Å². The minimum Gasteiger partial charge on any atom is -0.496 e. The molecule has 0 aromatic heterocycles. The SMILES string of the molecule is COc1ccc(Cl)cc1C(=O)Oc1ccc([N+](=O)[O-])cc1/C=N/NC(=O)c1ccc(NC(=O)C(C)C)cc1. The van der Waals surface area contributed by atoms with Crippen LogP contribution < -0.4 is 20.2 Å². The molecular weight excluding hydrogens is 516 g/mol. The van der Waals surface area contributed by atoms with Gasteiger partial charge in [0.25, 0.3) is 11.6 Å². The van der Waals surface area contributed by atoms with Crippen LogP contribution in [-0.4, -0.2) is 36.0 Å². The van der Waals surface area contributed by atoms with Crippen molar-refractivity contribution in [1.82, 2.24) is 5.43 Å². The van der Waals surface area contributed by atoms with Gasteiger partial charge in [-0.15, -0.1) is 0 Å². The zero-order valence-electron chi connectivity index (χ0n) is 20.6. The second-order valence-corrected chi connectivity index (χ2v) is 8.57. The van der Waals surface area contributed by atoms with Crippen LogP contribution in [0.25, 0.3) is 0 Å². The lowest BCUT2D eigenvalue weighted by Gasteiger charge is -2.10. The van der Waals surface area contributed by atoms with E-state index in [2.05, 4.69) is 15.8 Å². The minimum atomic E-state index is -0.818. The summed E-state index contributed by atoms with van der Waals surface area (Å²) >= 11 is 5.98. The zero-order valence-corrected chi connectivity index (χ0v) is 21.3. The quantitative estimate of drug-likeness (QED) is 0.130. The fourth-order valence-corrected chi connectivity index (χ4v) is 3.23. The Morgan fingerprint density at radius 3 is 2.34 bits per heavy atom. The monoisotopic (exact) mass is 538 g/mol. The van der Waals surface area contributed by atoms with Crippen molar-refractivity contribution in [2.24, 2.45) is 11.0 Å². The number of non-ortho nitro benzene ring substituents is 1. The summed E-state index contributed by atoms with van der Waals surface area (Å²) < 4.78 is 10.6. The lowest BCUT2D eigenvalue weighted by Crippen LogP contribution is -2.19. The number of carbonyl (C=O) groups is 3. The van der Waals surface area contributed by atoms with Crippen LogP contribution in [0.1, 0.15) is 40.1 Å². The molecule has 3 rings (SSSR count). The average Bonchev–Trinajstić information content (AvgIpc) is 2.89. The number of rotatable bonds is 9. The number of nitrogens with zero attached hydrogens (tertiary/aromatic N) is 2. The largest absolute Gasteiger partial charge is 0.496 e. The Morgan fingerprint density at radius 1 is 1.03 bits per heavy atom. The van der Waals surface area contributed by atoms with Crippen LogP contribution in [0.3, 0.4) is 0 Å². The molecule has 2 N–H and O–H groups in total. The number of benzene rings is 3. The van der Waals surface area contributed by atoms with Crippen LogP contribution in [0.5, 0.6) is 11.5 Å². The van der Waals surface area contributed by atoms with Gasteiger partial charge < -0.3 is 14.8 Å². The number of carbonyl (C=O) groups excluding carboxylic acids is 3. The van der Waals surface area contributed by atoms with Gasteiger partial charge in [-0.25, -0.2) is 10.2 Å². The molecule has 0 atom stereocenters. The molecule has 0 unspecified atom stereocenters. The summed E-state index contributed by atoms with van der Waals surface area (Å²) in [6, 6.07) is 14.1. The van der Waals surface area contributed by atoms with Crippen LogP contribution >= 0.6 is 11.6 Å². The Balaban J connectivity index is 1.77. The standard InChI is InChI=1S/C26H23ClN4O7/c1-15(2)24(32)29-19-7-4-16(5-8-19)25(33)30-28-14-17-12-20(31(35)36)9-11-22(17)38-26(34)21-13-18(27)6-10-23(21)37-3/h4-15H,1-3H3,(H,29,32)(H,30,33)/b28-14+. The van der Waals surface area contributed by atoms with E-state index >= 15 is 0 Å². The van der Waals surface area contributed by atoms with Crippen molar-refractivity contribution in [3.63, 3.8) is 0 Å². The van der Waals surface area contributed by atoms with E-state index in [4.69, 9.17) is 21.1 Å². The van der Waals surface area contributed by atoms with Gasteiger partial charge in [-0.3, -0.25) is 19.7 Å². The van der Waals surface area contributed by atoms with E-state index in [9.17, 15) is 24.5 Å². The Kier molecular flexibility index (Phi) is 9.12. The number of nitro groups is 1. The first kappa shape index (κ1) is 27.8. The number of hydrazone groups is 1. The molecule has 11 nitrogen and oxygen atoms in total. The van der Waals surface area contributed by atoms with Crippen LogP contribution in [0.4, 0.5) is 11.4 Å². The van der Waals surface area contributed by atoms with Gasteiger partial charge in [0.15, 0.2) is 0 Å². The molecule has 0 aliphatic heterocycles. The maximum atomic E-state index is 12.8. The highest BCUT2D eigenvalue weighted by molar-refractivity contribution is 6.31. The van der Waals surface area contributed by atoms with Crippen LogP contribution in [0.15, 0.2) is 65.8 Å². The maximum Gasteiger partial charge on any atom is 0.347 e. The summed E-state index contributed by atoms with van der Waals surface area (Å²) in [4.78, 5) is 47.7. The number of nitrogens with one attached hydrogen (secondary N) is 2. The molecule has 2 amide bonds. The highest BCUT2D eigenvalue weighted by atomic mass is 35.5. The molecule has 0 aliphatic rings. The van der Waals surface area contributed by atoms with Crippen LogP contribution in [0, 0.1) is 16.0 Å². The Labute approximate surface area is 222 Å². The molecule has 3 aromatic rings. The molecule has 0 saturated carbocycles. The summed E-state index contributed by atoms with van der Waals surface area (Å²) in [5.41, 5.74) is 2.91. The summed E-state index contributed by atoms with van der Waals surface area (Å²) in [7, 11) is 1.38. The molecule has 0 aliphatic carbocycles. The van der Waals surface area contributed by atoms with Crippen molar-refractivity contribution in [3.8, 4) is 11.5 Å². The van der Waals surface area contributed by atoms with E-state index in [-0.39, 0.29) is 50.7 Å². The van der Waals surface area contributed by atoms with E-state index in [0.717, 1.165) is 18.3 Å². The van der Waals surface area contributed by atoms with E-state index < -0.39 is 16.8 Å². The van der Waals surface area contributed by atoms with Gasteiger partial charge >= 0.3 is 5.97 Å². The topological polar surface area (TPSA) is 149 Å². The molecule has 0 radical (unpaired) electrons. The maximum absolute atomic E-state index is 12.8. The van der Waals surface area contributed by atoms with Crippen molar-refractivity contribution in [3.05, 3.63) is 92.5 Å². The fourth-order valence-electron chi connectivity index (χ4n) is 3.05. The third kappa shape index (κ3) is 7.14. The predicted molar refractivity (Wildman–Crippen MR) is 141 cm³/mol. The Hall–Kier alpha value is -4.77. The summed E-state index contributed by atoms with van der Waals surface area (Å²) in [6.45, 7) is 3.52. The number of esters is 1. The normalized spacial score (nSPS) is 10.8. The summed E-state index contributed by atoms with van der Waals surface area (Å²) in [5, 5.41) is 18.1.